The molecule has 1 saturated carbocycles. The molecule has 1 aliphatic rings. The summed E-state index contributed by atoms with van der Waals surface area (Å²) in [5.41, 5.74) is 0.989. The molecule has 6 heteroatoms. The highest BCUT2D eigenvalue weighted by Gasteiger charge is 2.28. The second kappa shape index (κ2) is 6.34. The van der Waals surface area contributed by atoms with Crippen LogP contribution in [0.15, 0.2) is 29.8 Å². The van der Waals surface area contributed by atoms with Gasteiger partial charge in [0.2, 0.25) is 10.0 Å². The zero-order chi connectivity index (χ0) is 15.6. The van der Waals surface area contributed by atoms with Gasteiger partial charge in [0.05, 0.1) is 0 Å². The summed E-state index contributed by atoms with van der Waals surface area (Å²) in [4.78, 5) is 0.355. The topological polar surface area (TPSA) is 54.3 Å². The minimum absolute atomic E-state index is 0.0961. The van der Waals surface area contributed by atoms with Crippen molar-refractivity contribution >= 4 is 10.0 Å². The predicted molar refractivity (Wildman–Crippen MR) is 84.5 cm³/mol. The van der Waals surface area contributed by atoms with Crippen LogP contribution in [0.1, 0.15) is 32.4 Å². The van der Waals surface area contributed by atoms with E-state index in [1.807, 2.05) is 25.5 Å². The first-order valence-electron chi connectivity index (χ1n) is 7.37. The summed E-state index contributed by atoms with van der Waals surface area (Å²) in [5.74, 6) is 0. The molecule has 0 radical (unpaired) electrons. The molecular formula is C15H25N3O2S. The molecule has 0 amide bonds. The summed E-state index contributed by atoms with van der Waals surface area (Å²) in [6, 6.07) is 2.28. The highest BCUT2D eigenvalue weighted by atomic mass is 32.2. The maximum absolute atomic E-state index is 12.7. The third-order valence-corrected chi connectivity index (χ3v) is 5.73. The fourth-order valence-corrected chi connectivity index (χ4v) is 3.98. The standard InChI is InChI=1S/C15H25N3O2S/c1-5-8-18(12(2)3)21(19,20)15-9-14(17(4)11-15)10-16-13-6-7-13/h5,9,11-13,16H,1,6-8,10H2,2-4H3. The number of hydrogen-bond donors (Lipinski definition) is 1. The summed E-state index contributed by atoms with van der Waals surface area (Å²) < 4.78 is 28.8. The van der Waals surface area contributed by atoms with Crippen molar-refractivity contribution in [1.29, 1.82) is 0 Å². The van der Waals surface area contributed by atoms with Gasteiger partial charge in [0.1, 0.15) is 4.90 Å². The molecule has 1 aliphatic carbocycles. The number of aromatic nitrogens is 1. The van der Waals surface area contributed by atoms with Gasteiger partial charge in [-0.15, -0.1) is 6.58 Å². The quantitative estimate of drug-likeness (QED) is 0.746. The van der Waals surface area contributed by atoms with Gasteiger partial charge in [-0.1, -0.05) is 6.08 Å². The Hall–Kier alpha value is -1.11. The minimum atomic E-state index is -3.47. The Morgan fingerprint density at radius 2 is 2.19 bits per heavy atom. The van der Waals surface area contributed by atoms with Gasteiger partial charge in [-0.3, -0.25) is 0 Å². The molecule has 21 heavy (non-hydrogen) atoms. The Bertz CT molecular complexity index is 600. The summed E-state index contributed by atoms with van der Waals surface area (Å²) in [7, 11) is -1.59. The fraction of sp³-hybridized carbons (Fsp3) is 0.600. The van der Waals surface area contributed by atoms with Gasteiger partial charge in [0.15, 0.2) is 0 Å². The first-order chi connectivity index (χ1) is 9.86. The SMILES string of the molecule is C=CCN(C(C)C)S(=O)(=O)c1cc(CNC2CC2)n(C)c1. The van der Waals surface area contributed by atoms with Crippen LogP contribution in [0.25, 0.3) is 0 Å². The van der Waals surface area contributed by atoms with Crippen LogP contribution < -0.4 is 5.32 Å². The van der Waals surface area contributed by atoms with Crippen molar-refractivity contribution < 1.29 is 8.42 Å². The molecule has 0 aromatic carbocycles. The Morgan fingerprint density at radius 1 is 1.52 bits per heavy atom. The molecule has 2 rings (SSSR count). The number of rotatable bonds is 8. The van der Waals surface area contributed by atoms with Gasteiger partial charge in [-0.25, -0.2) is 8.42 Å². The van der Waals surface area contributed by atoms with Crippen LogP contribution in [0.4, 0.5) is 0 Å². The Morgan fingerprint density at radius 3 is 2.71 bits per heavy atom. The molecule has 1 heterocycles. The third-order valence-electron chi connectivity index (χ3n) is 3.72. The van der Waals surface area contributed by atoms with Crippen LogP contribution in [-0.2, 0) is 23.6 Å². The van der Waals surface area contributed by atoms with Crippen molar-refractivity contribution in [3.8, 4) is 0 Å². The van der Waals surface area contributed by atoms with Crippen LogP contribution in [0.3, 0.4) is 0 Å². The van der Waals surface area contributed by atoms with E-state index in [1.54, 1.807) is 18.3 Å². The average molecular weight is 311 g/mol. The number of hydrogen-bond acceptors (Lipinski definition) is 3. The summed E-state index contributed by atoms with van der Waals surface area (Å²) in [5, 5.41) is 3.41. The van der Waals surface area contributed by atoms with E-state index in [2.05, 4.69) is 11.9 Å². The van der Waals surface area contributed by atoms with Crippen molar-refractivity contribution in [2.24, 2.45) is 7.05 Å². The van der Waals surface area contributed by atoms with Crippen molar-refractivity contribution in [3.63, 3.8) is 0 Å². The highest BCUT2D eigenvalue weighted by molar-refractivity contribution is 7.89. The first-order valence-corrected chi connectivity index (χ1v) is 8.81. The van der Waals surface area contributed by atoms with E-state index in [0.717, 1.165) is 5.69 Å². The van der Waals surface area contributed by atoms with E-state index in [-0.39, 0.29) is 6.04 Å². The normalized spacial score (nSPS) is 15.9. The van der Waals surface area contributed by atoms with Gasteiger partial charge >= 0.3 is 0 Å². The molecule has 0 bridgehead atoms. The van der Waals surface area contributed by atoms with E-state index in [0.29, 0.717) is 24.0 Å². The lowest BCUT2D eigenvalue weighted by atomic mass is 10.4. The zero-order valence-electron chi connectivity index (χ0n) is 13.0. The smallest absolute Gasteiger partial charge is 0.245 e. The Balaban J connectivity index is 2.21. The maximum Gasteiger partial charge on any atom is 0.245 e. The molecular weight excluding hydrogens is 286 g/mol. The van der Waals surface area contributed by atoms with Crippen LogP contribution in [0.2, 0.25) is 0 Å². The number of sulfonamides is 1. The Labute approximate surface area is 127 Å². The first kappa shape index (κ1) is 16.3. The van der Waals surface area contributed by atoms with E-state index < -0.39 is 10.0 Å². The molecule has 1 fully saturated rings. The van der Waals surface area contributed by atoms with Crippen LogP contribution in [0, 0.1) is 0 Å². The van der Waals surface area contributed by atoms with E-state index in [9.17, 15) is 8.42 Å². The van der Waals surface area contributed by atoms with E-state index >= 15 is 0 Å². The molecule has 0 atom stereocenters. The van der Waals surface area contributed by atoms with Crippen molar-refractivity contribution in [3.05, 3.63) is 30.6 Å². The molecule has 0 aliphatic heterocycles. The summed E-state index contributed by atoms with van der Waals surface area (Å²) in [6.07, 6.45) is 5.75. The summed E-state index contributed by atoms with van der Waals surface area (Å²) in [6.45, 7) is 8.43. The molecule has 118 valence electrons. The van der Waals surface area contributed by atoms with Gasteiger partial charge < -0.3 is 9.88 Å². The third kappa shape index (κ3) is 3.75. The minimum Gasteiger partial charge on any atom is -0.352 e. The van der Waals surface area contributed by atoms with Gasteiger partial charge in [-0.05, 0) is 32.8 Å². The van der Waals surface area contributed by atoms with Crippen LogP contribution in [0.5, 0.6) is 0 Å². The van der Waals surface area contributed by atoms with Gasteiger partial charge in [0, 0.05) is 44.1 Å². The van der Waals surface area contributed by atoms with E-state index in [1.165, 1.54) is 17.1 Å². The van der Waals surface area contributed by atoms with Crippen molar-refractivity contribution in [1.82, 2.24) is 14.2 Å². The maximum atomic E-state index is 12.7. The molecule has 0 spiro atoms. The molecule has 1 N–H and O–H groups in total. The van der Waals surface area contributed by atoms with Crippen molar-refractivity contribution in [2.75, 3.05) is 6.54 Å². The largest absolute Gasteiger partial charge is 0.352 e. The molecule has 1 aromatic rings. The molecule has 5 nitrogen and oxygen atoms in total. The number of nitrogens with zero attached hydrogens (tertiary/aromatic N) is 2. The fourth-order valence-electron chi connectivity index (χ4n) is 2.28. The van der Waals surface area contributed by atoms with Gasteiger partial charge in [0.25, 0.3) is 0 Å². The van der Waals surface area contributed by atoms with E-state index in [4.69, 9.17) is 0 Å². The second-order valence-electron chi connectivity index (χ2n) is 5.89. The van der Waals surface area contributed by atoms with Crippen LogP contribution in [-0.4, -0.2) is 35.9 Å². The molecule has 0 unspecified atom stereocenters. The lowest BCUT2D eigenvalue weighted by Gasteiger charge is -2.23. The Kier molecular flexibility index (Phi) is 4.91. The van der Waals surface area contributed by atoms with Gasteiger partial charge in [-0.2, -0.15) is 4.31 Å². The monoisotopic (exact) mass is 311 g/mol. The zero-order valence-corrected chi connectivity index (χ0v) is 13.9. The van der Waals surface area contributed by atoms with Crippen LogP contribution >= 0.6 is 0 Å². The number of aryl methyl sites for hydroxylation is 1. The lowest BCUT2D eigenvalue weighted by Crippen LogP contribution is -2.36. The van der Waals surface area contributed by atoms with Crippen molar-refractivity contribution in [2.45, 2.75) is 50.2 Å². The molecule has 0 saturated heterocycles. The molecule has 1 aromatic heterocycles. The highest BCUT2D eigenvalue weighted by Crippen LogP contribution is 2.22. The summed E-state index contributed by atoms with van der Waals surface area (Å²) >= 11 is 0. The second-order valence-corrected chi connectivity index (χ2v) is 7.78. The average Bonchev–Trinajstić information content (AvgIpc) is 3.16. The predicted octanol–water partition coefficient (Wildman–Crippen LogP) is 1.86. The lowest BCUT2D eigenvalue weighted by molar-refractivity contribution is 0.383. The number of nitrogens with one attached hydrogen (secondary N) is 1.